The predicted octanol–water partition coefficient (Wildman–Crippen LogP) is 3.01. The third kappa shape index (κ3) is 4.03. The smallest absolute Gasteiger partial charge is 0.429 e. The molecule has 1 aliphatic heterocycles. The van der Waals surface area contributed by atoms with Gasteiger partial charge in [0.15, 0.2) is 0 Å². The molecule has 0 aromatic heterocycles. The van der Waals surface area contributed by atoms with Gasteiger partial charge in [0, 0.05) is 25.6 Å². The molecule has 1 saturated heterocycles. The lowest BCUT2D eigenvalue weighted by atomic mass is 10.0. The van der Waals surface area contributed by atoms with Gasteiger partial charge in [-0.2, -0.15) is 13.2 Å². The van der Waals surface area contributed by atoms with Crippen LogP contribution in [-0.4, -0.2) is 36.0 Å². The van der Waals surface area contributed by atoms with E-state index in [9.17, 15) is 22.8 Å². The molecule has 1 heterocycles. The second-order valence-corrected chi connectivity index (χ2v) is 5.67. The third-order valence-corrected chi connectivity index (χ3v) is 3.97. The van der Waals surface area contributed by atoms with Gasteiger partial charge in [0.2, 0.25) is 12.0 Å². The average molecular weight is 329 g/mol. The van der Waals surface area contributed by atoms with E-state index in [1.165, 1.54) is 36.9 Å². The molecule has 2 rings (SSSR count). The summed E-state index contributed by atoms with van der Waals surface area (Å²) in [5.41, 5.74) is 0.328. The summed E-state index contributed by atoms with van der Waals surface area (Å²) in [6, 6.07) is 5.93. The van der Waals surface area contributed by atoms with E-state index in [2.05, 4.69) is 0 Å². The van der Waals surface area contributed by atoms with Crippen molar-refractivity contribution < 1.29 is 27.5 Å². The number of likely N-dealkylation sites (tertiary alicyclic amines) is 1. The minimum Gasteiger partial charge on any atom is -0.447 e. The van der Waals surface area contributed by atoms with Crippen molar-refractivity contribution in [1.29, 1.82) is 0 Å². The van der Waals surface area contributed by atoms with Gasteiger partial charge in [-0.25, -0.2) is 0 Å². The zero-order valence-corrected chi connectivity index (χ0v) is 12.9. The molecule has 126 valence electrons. The van der Waals surface area contributed by atoms with Crippen LogP contribution in [0.3, 0.4) is 0 Å². The van der Waals surface area contributed by atoms with Gasteiger partial charge in [0.1, 0.15) is 0 Å². The molecule has 4 nitrogen and oxygen atoms in total. The summed E-state index contributed by atoms with van der Waals surface area (Å²) in [5, 5.41) is 0. The molecule has 0 saturated carbocycles. The molecule has 2 unspecified atom stereocenters. The molecule has 0 bridgehead atoms. The first kappa shape index (κ1) is 17.3. The highest BCUT2D eigenvalue weighted by Crippen LogP contribution is 2.38. The molecule has 1 amide bonds. The highest BCUT2D eigenvalue weighted by Gasteiger charge is 2.46. The number of benzene rings is 1. The molecular formula is C16H18F3NO3. The monoisotopic (exact) mass is 329 g/mol. The van der Waals surface area contributed by atoms with Crippen LogP contribution >= 0.6 is 0 Å². The highest BCUT2D eigenvalue weighted by atomic mass is 19.4. The Bertz CT molecular complexity index is 600. The van der Waals surface area contributed by atoms with E-state index in [0.29, 0.717) is 18.5 Å². The number of rotatable bonds is 3. The standard InChI is InChI=1S/C16H18F3NO3/c1-10-5-3-4-6-13(10)14(16(17,18)19)23-15(22)12-7-8-20(9-12)11(2)21/h3-6,12,14H,7-9H2,1-2H3. The average Bonchev–Trinajstić information content (AvgIpc) is 2.94. The molecule has 1 aromatic carbocycles. The summed E-state index contributed by atoms with van der Waals surface area (Å²) in [4.78, 5) is 24.8. The number of carbonyl (C=O) groups excluding carboxylic acids is 2. The van der Waals surface area contributed by atoms with Crippen molar-refractivity contribution in [2.45, 2.75) is 32.5 Å². The van der Waals surface area contributed by atoms with E-state index in [0.717, 1.165) is 0 Å². The number of aryl methyl sites for hydroxylation is 1. The van der Waals surface area contributed by atoms with Crippen molar-refractivity contribution in [2.75, 3.05) is 13.1 Å². The summed E-state index contributed by atoms with van der Waals surface area (Å²) in [5.74, 6) is -1.83. The first-order valence-corrected chi connectivity index (χ1v) is 7.28. The van der Waals surface area contributed by atoms with Crippen LogP contribution in [0.5, 0.6) is 0 Å². The SMILES string of the molecule is CC(=O)N1CCC(C(=O)OC(c2ccccc2C)C(F)(F)F)C1. The molecule has 23 heavy (non-hydrogen) atoms. The maximum absolute atomic E-state index is 13.3. The van der Waals surface area contributed by atoms with Gasteiger partial charge in [-0.05, 0) is 18.9 Å². The fourth-order valence-electron chi connectivity index (χ4n) is 2.64. The van der Waals surface area contributed by atoms with E-state index in [4.69, 9.17) is 4.74 Å². The van der Waals surface area contributed by atoms with Crippen molar-refractivity contribution in [1.82, 2.24) is 4.90 Å². The Labute approximate surface area is 132 Å². The lowest BCUT2D eigenvalue weighted by Gasteiger charge is -2.24. The van der Waals surface area contributed by atoms with Crippen molar-refractivity contribution in [2.24, 2.45) is 5.92 Å². The zero-order chi connectivity index (χ0) is 17.2. The van der Waals surface area contributed by atoms with E-state index in [1.54, 1.807) is 6.07 Å². The van der Waals surface area contributed by atoms with Gasteiger partial charge in [0.05, 0.1) is 5.92 Å². The van der Waals surface area contributed by atoms with E-state index < -0.39 is 24.2 Å². The van der Waals surface area contributed by atoms with Crippen LogP contribution in [-0.2, 0) is 14.3 Å². The van der Waals surface area contributed by atoms with Crippen LogP contribution in [0.25, 0.3) is 0 Å². The molecule has 1 aliphatic rings. The van der Waals surface area contributed by atoms with Crippen molar-refractivity contribution in [3.63, 3.8) is 0 Å². The number of alkyl halides is 3. The molecule has 0 aliphatic carbocycles. The van der Waals surface area contributed by atoms with Crippen molar-refractivity contribution in [3.05, 3.63) is 35.4 Å². The summed E-state index contributed by atoms with van der Waals surface area (Å²) in [6.07, 6.45) is -6.67. The number of hydrogen-bond donors (Lipinski definition) is 0. The largest absolute Gasteiger partial charge is 0.447 e. The summed E-state index contributed by atoms with van der Waals surface area (Å²) < 4.78 is 44.7. The Morgan fingerprint density at radius 2 is 1.96 bits per heavy atom. The molecule has 2 atom stereocenters. The van der Waals surface area contributed by atoms with E-state index >= 15 is 0 Å². The van der Waals surface area contributed by atoms with Crippen LogP contribution in [0.15, 0.2) is 24.3 Å². The number of nitrogens with zero attached hydrogens (tertiary/aromatic N) is 1. The van der Waals surface area contributed by atoms with Crippen LogP contribution in [0.4, 0.5) is 13.2 Å². The third-order valence-electron chi connectivity index (χ3n) is 3.97. The second-order valence-electron chi connectivity index (χ2n) is 5.67. The molecule has 1 aromatic rings. The topological polar surface area (TPSA) is 46.6 Å². The maximum atomic E-state index is 13.3. The number of carbonyl (C=O) groups is 2. The van der Waals surface area contributed by atoms with Crippen LogP contribution < -0.4 is 0 Å². The zero-order valence-electron chi connectivity index (χ0n) is 12.9. The molecule has 0 radical (unpaired) electrons. The van der Waals surface area contributed by atoms with Crippen molar-refractivity contribution in [3.8, 4) is 0 Å². The Morgan fingerprint density at radius 1 is 1.30 bits per heavy atom. The molecule has 1 fully saturated rings. The lowest BCUT2D eigenvalue weighted by Crippen LogP contribution is -2.32. The fraction of sp³-hybridized carbons (Fsp3) is 0.500. The van der Waals surface area contributed by atoms with Crippen LogP contribution in [0.1, 0.15) is 30.6 Å². The first-order valence-electron chi connectivity index (χ1n) is 7.28. The summed E-state index contributed by atoms with van der Waals surface area (Å²) >= 11 is 0. The number of esters is 1. The Balaban J connectivity index is 2.15. The Morgan fingerprint density at radius 3 is 2.48 bits per heavy atom. The van der Waals surface area contributed by atoms with Gasteiger partial charge in [-0.3, -0.25) is 9.59 Å². The van der Waals surface area contributed by atoms with Gasteiger partial charge >= 0.3 is 12.1 Å². The number of halogens is 3. The second kappa shape index (κ2) is 6.60. The van der Waals surface area contributed by atoms with Crippen LogP contribution in [0.2, 0.25) is 0 Å². The van der Waals surface area contributed by atoms with Gasteiger partial charge in [0.25, 0.3) is 0 Å². The van der Waals surface area contributed by atoms with E-state index in [1.807, 2.05) is 0 Å². The minimum atomic E-state index is -4.69. The Kier molecular flexibility index (Phi) is 4.97. The molecule has 7 heteroatoms. The maximum Gasteiger partial charge on any atom is 0.429 e. The molecule has 0 spiro atoms. The molecular weight excluding hydrogens is 311 g/mol. The summed E-state index contributed by atoms with van der Waals surface area (Å²) in [7, 11) is 0. The highest BCUT2D eigenvalue weighted by molar-refractivity contribution is 5.77. The quantitative estimate of drug-likeness (QED) is 0.801. The number of amides is 1. The predicted molar refractivity (Wildman–Crippen MR) is 76.4 cm³/mol. The van der Waals surface area contributed by atoms with Gasteiger partial charge in [-0.1, -0.05) is 24.3 Å². The van der Waals surface area contributed by atoms with Gasteiger partial charge < -0.3 is 9.64 Å². The van der Waals surface area contributed by atoms with Gasteiger partial charge in [-0.15, -0.1) is 0 Å². The normalized spacial score (nSPS) is 19.5. The minimum absolute atomic E-state index is 0.0743. The van der Waals surface area contributed by atoms with Crippen LogP contribution in [0, 0.1) is 12.8 Å². The lowest BCUT2D eigenvalue weighted by molar-refractivity contribution is -0.226. The van der Waals surface area contributed by atoms with E-state index in [-0.39, 0.29) is 18.0 Å². The number of hydrogen-bond acceptors (Lipinski definition) is 3. The fourth-order valence-corrected chi connectivity index (χ4v) is 2.64. The molecule has 0 N–H and O–H groups in total. The Hall–Kier alpha value is -2.05. The van der Waals surface area contributed by atoms with Crippen molar-refractivity contribution >= 4 is 11.9 Å². The summed E-state index contributed by atoms with van der Waals surface area (Å²) in [6.45, 7) is 3.36. The number of ether oxygens (including phenoxy) is 1. The first-order chi connectivity index (χ1) is 10.7.